The largest absolute Gasteiger partial charge is 0.481 e. The summed E-state index contributed by atoms with van der Waals surface area (Å²) >= 11 is 1.54. The summed E-state index contributed by atoms with van der Waals surface area (Å²) in [7, 11) is 0. The van der Waals surface area contributed by atoms with Crippen LogP contribution in [0.4, 0.5) is 0 Å². The minimum Gasteiger partial charge on any atom is -0.481 e. The molecule has 4 atom stereocenters. The quantitative estimate of drug-likeness (QED) is 0.166. The van der Waals surface area contributed by atoms with Crippen LogP contribution >= 0.6 is 11.8 Å². The number of nitrogens with two attached hydrogens (primary N) is 1. The Labute approximate surface area is 221 Å². The molecule has 1 rings (SSSR count). The fourth-order valence-corrected chi connectivity index (χ4v) is 3.98. The Hall–Kier alpha value is -3.12. The molecule has 7 N–H and O–H groups in total. The first-order valence-corrected chi connectivity index (χ1v) is 13.5. The molecule has 4 unspecified atom stereocenters. The van der Waals surface area contributed by atoms with Gasteiger partial charge in [-0.3, -0.25) is 19.2 Å². The summed E-state index contributed by atoms with van der Waals surface area (Å²) in [6.45, 7) is 3.71. The Morgan fingerprint density at radius 1 is 0.865 bits per heavy atom. The van der Waals surface area contributed by atoms with Crippen molar-refractivity contribution in [3.05, 3.63) is 35.9 Å². The summed E-state index contributed by atoms with van der Waals surface area (Å²) in [6, 6.07) is 4.26. The van der Waals surface area contributed by atoms with Crippen molar-refractivity contribution >= 4 is 41.4 Å². The molecule has 206 valence electrons. The number of nitrogens with one attached hydrogen (secondary N) is 3. The third kappa shape index (κ3) is 12.6. The van der Waals surface area contributed by atoms with Gasteiger partial charge in [-0.2, -0.15) is 11.8 Å². The van der Waals surface area contributed by atoms with E-state index in [2.05, 4.69) is 16.0 Å². The summed E-state index contributed by atoms with van der Waals surface area (Å²) < 4.78 is 0. The molecule has 1 aromatic rings. The normalized spacial score (nSPS) is 14.2. The van der Waals surface area contributed by atoms with E-state index in [1.54, 1.807) is 30.3 Å². The van der Waals surface area contributed by atoms with E-state index in [-0.39, 0.29) is 25.2 Å². The zero-order valence-corrected chi connectivity index (χ0v) is 22.3. The smallest absolute Gasteiger partial charge is 0.326 e. The molecular weight excluding hydrogens is 500 g/mol. The number of carbonyl (C=O) groups is 5. The van der Waals surface area contributed by atoms with E-state index in [0.717, 1.165) is 0 Å². The topological polar surface area (TPSA) is 188 Å². The second-order valence-corrected chi connectivity index (χ2v) is 10.1. The van der Waals surface area contributed by atoms with Gasteiger partial charge in [0.05, 0.1) is 6.04 Å². The fraction of sp³-hybridized carbons (Fsp3) is 0.560. The fourth-order valence-electron chi connectivity index (χ4n) is 3.49. The van der Waals surface area contributed by atoms with Crippen LogP contribution in [0.2, 0.25) is 0 Å². The second-order valence-electron chi connectivity index (χ2n) is 9.16. The molecule has 0 fully saturated rings. The van der Waals surface area contributed by atoms with Gasteiger partial charge < -0.3 is 31.9 Å². The van der Waals surface area contributed by atoms with Crippen LogP contribution < -0.4 is 21.7 Å². The van der Waals surface area contributed by atoms with Gasteiger partial charge in [0.2, 0.25) is 17.7 Å². The van der Waals surface area contributed by atoms with Crippen molar-refractivity contribution in [3.63, 3.8) is 0 Å². The number of aliphatic carboxylic acids is 2. The van der Waals surface area contributed by atoms with E-state index < -0.39 is 60.2 Å². The SMILES string of the molecule is CSCCC(N)C(=O)NC(CC(C)C)C(=O)NC(CCC(=O)O)C(=O)NC(Cc1ccccc1)C(=O)O. The monoisotopic (exact) mass is 538 g/mol. The average molecular weight is 539 g/mol. The molecule has 0 aromatic heterocycles. The number of carbonyl (C=O) groups excluding carboxylic acids is 3. The zero-order chi connectivity index (χ0) is 28.0. The van der Waals surface area contributed by atoms with Crippen LogP contribution in [-0.4, -0.2) is 76.0 Å². The third-order valence-corrected chi connectivity index (χ3v) is 6.13. The molecule has 0 aliphatic carbocycles. The molecule has 0 spiro atoms. The van der Waals surface area contributed by atoms with E-state index in [9.17, 15) is 29.1 Å². The standard InChI is InChI=1S/C25H38N4O7S/c1-15(2)13-19(28-22(32)17(26)11-12-37-3)24(34)27-18(9-10-21(30)31)23(33)29-20(25(35)36)14-16-7-5-4-6-8-16/h4-8,15,17-20H,9-14,26H2,1-3H3,(H,27,34)(H,28,32)(H,29,33)(H,30,31)(H,35,36). The Morgan fingerprint density at radius 2 is 1.43 bits per heavy atom. The molecule has 12 heteroatoms. The highest BCUT2D eigenvalue weighted by molar-refractivity contribution is 7.98. The molecule has 0 saturated heterocycles. The van der Waals surface area contributed by atoms with Crippen LogP contribution in [0.15, 0.2) is 30.3 Å². The predicted octanol–water partition coefficient (Wildman–Crippen LogP) is 0.759. The highest BCUT2D eigenvalue weighted by Gasteiger charge is 2.31. The third-order valence-electron chi connectivity index (χ3n) is 5.49. The highest BCUT2D eigenvalue weighted by Crippen LogP contribution is 2.09. The Morgan fingerprint density at radius 3 is 1.97 bits per heavy atom. The van der Waals surface area contributed by atoms with Crippen molar-refractivity contribution in [2.75, 3.05) is 12.0 Å². The minimum absolute atomic E-state index is 0.00146. The number of hydrogen-bond acceptors (Lipinski definition) is 7. The van der Waals surface area contributed by atoms with E-state index >= 15 is 0 Å². The van der Waals surface area contributed by atoms with Gasteiger partial charge in [0.1, 0.15) is 18.1 Å². The molecule has 3 amide bonds. The Bertz CT molecular complexity index is 914. The number of carboxylic acid groups (broad SMARTS) is 2. The Balaban J connectivity index is 3.01. The molecule has 0 radical (unpaired) electrons. The summed E-state index contributed by atoms with van der Waals surface area (Å²) in [5.74, 6) is -3.80. The van der Waals surface area contributed by atoms with E-state index in [4.69, 9.17) is 10.8 Å². The highest BCUT2D eigenvalue weighted by atomic mass is 32.2. The molecule has 11 nitrogen and oxygen atoms in total. The maximum Gasteiger partial charge on any atom is 0.326 e. The zero-order valence-electron chi connectivity index (χ0n) is 21.4. The van der Waals surface area contributed by atoms with Gasteiger partial charge in [0, 0.05) is 12.8 Å². The number of carboxylic acids is 2. The number of rotatable bonds is 17. The molecule has 0 bridgehead atoms. The summed E-state index contributed by atoms with van der Waals surface area (Å²) in [6.07, 6.45) is 1.87. The van der Waals surface area contributed by atoms with Gasteiger partial charge in [-0.25, -0.2) is 4.79 Å². The van der Waals surface area contributed by atoms with Crippen molar-refractivity contribution in [2.45, 2.75) is 70.1 Å². The number of thioether (sulfide) groups is 1. The number of benzene rings is 1. The predicted molar refractivity (Wildman–Crippen MR) is 141 cm³/mol. The van der Waals surface area contributed by atoms with Crippen molar-refractivity contribution in [2.24, 2.45) is 11.7 Å². The van der Waals surface area contributed by atoms with Crippen LogP contribution in [0.25, 0.3) is 0 Å². The summed E-state index contributed by atoms with van der Waals surface area (Å²) in [5, 5.41) is 26.3. The number of amides is 3. The first kappa shape index (κ1) is 31.9. The van der Waals surface area contributed by atoms with Crippen LogP contribution in [-0.2, 0) is 30.4 Å². The lowest BCUT2D eigenvalue weighted by molar-refractivity contribution is -0.143. The molecule has 0 saturated carbocycles. The van der Waals surface area contributed by atoms with Crippen LogP contribution in [0.3, 0.4) is 0 Å². The van der Waals surface area contributed by atoms with Gasteiger partial charge in [0.25, 0.3) is 0 Å². The van der Waals surface area contributed by atoms with Gasteiger partial charge in [-0.1, -0.05) is 44.2 Å². The molecule has 0 aliphatic rings. The first-order chi connectivity index (χ1) is 17.4. The van der Waals surface area contributed by atoms with Crippen LogP contribution in [0.5, 0.6) is 0 Å². The summed E-state index contributed by atoms with van der Waals surface area (Å²) in [5.41, 5.74) is 6.60. The van der Waals surface area contributed by atoms with E-state index in [1.807, 2.05) is 20.1 Å². The summed E-state index contributed by atoms with van der Waals surface area (Å²) in [4.78, 5) is 61.6. The van der Waals surface area contributed by atoms with E-state index in [1.165, 1.54) is 11.8 Å². The lowest BCUT2D eigenvalue weighted by Gasteiger charge is -2.26. The second kappa shape index (κ2) is 16.6. The van der Waals surface area contributed by atoms with Crippen molar-refractivity contribution in [1.29, 1.82) is 0 Å². The van der Waals surface area contributed by atoms with Crippen molar-refractivity contribution in [3.8, 4) is 0 Å². The lowest BCUT2D eigenvalue weighted by Crippen LogP contribution is -2.57. The molecule has 1 aromatic carbocycles. The molecular formula is C25H38N4O7S. The van der Waals surface area contributed by atoms with Gasteiger partial charge in [-0.15, -0.1) is 0 Å². The maximum atomic E-state index is 13.1. The van der Waals surface area contributed by atoms with Crippen molar-refractivity contribution in [1.82, 2.24) is 16.0 Å². The average Bonchev–Trinajstić information content (AvgIpc) is 2.83. The molecule has 0 heterocycles. The van der Waals surface area contributed by atoms with Crippen molar-refractivity contribution < 1.29 is 34.2 Å². The Kier molecular flexibility index (Phi) is 14.3. The van der Waals surface area contributed by atoms with Gasteiger partial charge in [-0.05, 0) is 42.8 Å². The van der Waals surface area contributed by atoms with E-state index in [0.29, 0.717) is 17.7 Å². The lowest BCUT2D eigenvalue weighted by atomic mass is 10.0. The van der Waals surface area contributed by atoms with Crippen LogP contribution in [0.1, 0.15) is 45.1 Å². The minimum atomic E-state index is -1.32. The molecule has 0 aliphatic heterocycles. The molecule has 37 heavy (non-hydrogen) atoms. The van der Waals surface area contributed by atoms with Gasteiger partial charge >= 0.3 is 11.9 Å². The maximum absolute atomic E-state index is 13.1. The number of hydrogen-bond donors (Lipinski definition) is 6. The first-order valence-electron chi connectivity index (χ1n) is 12.1. The van der Waals surface area contributed by atoms with Gasteiger partial charge in [0.15, 0.2) is 0 Å². The van der Waals surface area contributed by atoms with Crippen LogP contribution in [0, 0.1) is 5.92 Å².